The first-order valence-electron chi connectivity index (χ1n) is 10.1. The van der Waals surface area contributed by atoms with E-state index in [1.54, 1.807) is 36.5 Å². The number of ether oxygens (including phenoxy) is 2. The number of pyridine rings is 1. The number of amides is 2. The molecule has 0 fully saturated rings. The number of anilines is 1. The minimum Gasteiger partial charge on any atom is -0.494 e. The van der Waals surface area contributed by atoms with Gasteiger partial charge in [-0.1, -0.05) is 36.4 Å². The zero-order valence-electron chi connectivity index (χ0n) is 17.5. The predicted molar refractivity (Wildman–Crippen MR) is 118 cm³/mol. The van der Waals surface area contributed by atoms with Crippen LogP contribution in [0.3, 0.4) is 0 Å². The number of benzene rings is 2. The highest BCUT2D eigenvalue weighted by molar-refractivity contribution is 6.39. The van der Waals surface area contributed by atoms with Crippen molar-refractivity contribution in [2.24, 2.45) is 0 Å². The summed E-state index contributed by atoms with van der Waals surface area (Å²) in [4.78, 5) is 29.8. The first-order valence-corrected chi connectivity index (χ1v) is 10.1. The van der Waals surface area contributed by atoms with Crippen LogP contribution in [0.4, 0.5) is 5.69 Å². The number of carbonyl (C=O) groups excluding carboxylic acids is 2. The van der Waals surface area contributed by atoms with Crippen molar-refractivity contribution in [3.05, 3.63) is 84.2 Å². The quantitative estimate of drug-likeness (QED) is 0.543. The zero-order valence-corrected chi connectivity index (χ0v) is 17.5. The van der Waals surface area contributed by atoms with E-state index in [0.29, 0.717) is 36.1 Å². The molecule has 7 heteroatoms. The van der Waals surface area contributed by atoms with Crippen LogP contribution >= 0.6 is 0 Å². The van der Waals surface area contributed by atoms with Gasteiger partial charge in [0, 0.05) is 12.3 Å². The number of hydrogen-bond donors (Lipinski definition) is 2. The summed E-state index contributed by atoms with van der Waals surface area (Å²) in [6.07, 6.45) is 1.64. The molecule has 0 radical (unpaired) electrons. The van der Waals surface area contributed by atoms with Gasteiger partial charge in [-0.25, -0.2) is 0 Å². The van der Waals surface area contributed by atoms with Crippen molar-refractivity contribution >= 4 is 17.5 Å². The van der Waals surface area contributed by atoms with Gasteiger partial charge in [0.2, 0.25) is 0 Å². The van der Waals surface area contributed by atoms with E-state index in [0.717, 1.165) is 5.56 Å². The molecule has 7 nitrogen and oxygen atoms in total. The van der Waals surface area contributed by atoms with Crippen molar-refractivity contribution in [2.75, 3.05) is 18.5 Å². The van der Waals surface area contributed by atoms with Crippen molar-refractivity contribution in [2.45, 2.75) is 19.9 Å². The van der Waals surface area contributed by atoms with Crippen molar-refractivity contribution in [1.29, 1.82) is 0 Å². The van der Waals surface area contributed by atoms with Crippen LogP contribution in [0.25, 0.3) is 0 Å². The molecule has 3 aromatic rings. The molecule has 0 saturated heterocycles. The standard InChI is InChI=1S/C24H25N3O4/c1-3-30-18-13-14-21(31-4-2)20(16-18)26-23(28)24(29)27-22(17-10-6-5-7-11-17)19-12-8-9-15-25-19/h5-16,22H,3-4H2,1-2H3,(H,26,28)(H,27,29)/t22-/m0/s1. The highest BCUT2D eigenvalue weighted by Gasteiger charge is 2.23. The summed E-state index contributed by atoms with van der Waals surface area (Å²) in [5.41, 5.74) is 1.81. The Kier molecular flexibility index (Phi) is 7.59. The average molecular weight is 419 g/mol. The third-order valence-electron chi connectivity index (χ3n) is 4.41. The molecule has 2 amide bonds. The first kappa shape index (κ1) is 21.8. The van der Waals surface area contributed by atoms with Gasteiger partial charge in [-0.2, -0.15) is 0 Å². The molecule has 1 heterocycles. The molecular formula is C24H25N3O4. The molecule has 2 aromatic carbocycles. The molecule has 0 aliphatic rings. The van der Waals surface area contributed by atoms with Crippen LogP contribution in [0, 0.1) is 0 Å². The van der Waals surface area contributed by atoms with Crippen LogP contribution in [0.15, 0.2) is 72.9 Å². The van der Waals surface area contributed by atoms with E-state index in [1.807, 2.05) is 50.2 Å². The second kappa shape index (κ2) is 10.8. The summed E-state index contributed by atoms with van der Waals surface area (Å²) in [6, 6.07) is 19.3. The Morgan fingerprint density at radius 2 is 1.65 bits per heavy atom. The van der Waals surface area contributed by atoms with Crippen LogP contribution < -0.4 is 20.1 Å². The Bertz CT molecular complexity index is 970. The van der Waals surface area contributed by atoms with Crippen molar-refractivity contribution < 1.29 is 19.1 Å². The largest absolute Gasteiger partial charge is 0.494 e. The summed E-state index contributed by atoms with van der Waals surface area (Å²) in [5, 5.41) is 5.40. The minimum atomic E-state index is -0.813. The van der Waals surface area contributed by atoms with Gasteiger partial charge in [0.1, 0.15) is 11.5 Å². The molecular weight excluding hydrogens is 394 g/mol. The summed E-state index contributed by atoms with van der Waals surface area (Å²) in [7, 11) is 0. The molecule has 1 aromatic heterocycles. The van der Waals surface area contributed by atoms with Gasteiger partial charge >= 0.3 is 11.8 Å². The maximum atomic E-state index is 12.8. The Balaban J connectivity index is 1.80. The highest BCUT2D eigenvalue weighted by Crippen LogP contribution is 2.29. The molecule has 0 spiro atoms. The second-order valence-electron chi connectivity index (χ2n) is 6.55. The molecule has 0 aliphatic heterocycles. The molecule has 2 N–H and O–H groups in total. The van der Waals surface area contributed by atoms with Gasteiger partial charge in [-0.05, 0) is 43.7 Å². The molecule has 0 unspecified atom stereocenters. The third-order valence-corrected chi connectivity index (χ3v) is 4.41. The fraction of sp³-hybridized carbons (Fsp3) is 0.208. The van der Waals surface area contributed by atoms with E-state index in [-0.39, 0.29) is 0 Å². The molecule has 3 rings (SSSR count). The third kappa shape index (κ3) is 5.82. The van der Waals surface area contributed by atoms with E-state index >= 15 is 0 Å². The number of hydrogen-bond acceptors (Lipinski definition) is 5. The Labute approximate surface area is 181 Å². The maximum absolute atomic E-state index is 12.8. The summed E-state index contributed by atoms with van der Waals surface area (Å²) in [6.45, 7) is 4.60. The number of nitrogens with zero attached hydrogens (tertiary/aromatic N) is 1. The summed E-state index contributed by atoms with van der Waals surface area (Å²) >= 11 is 0. The lowest BCUT2D eigenvalue weighted by atomic mass is 10.0. The summed E-state index contributed by atoms with van der Waals surface area (Å²) in [5.74, 6) is -0.580. The van der Waals surface area contributed by atoms with Crippen LogP contribution in [0.5, 0.6) is 11.5 Å². The molecule has 0 saturated carbocycles. The SMILES string of the molecule is CCOc1ccc(OCC)c(NC(=O)C(=O)N[C@@H](c2ccccc2)c2ccccn2)c1. The normalized spacial score (nSPS) is 11.3. The molecule has 160 valence electrons. The van der Waals surface area contributed by atoms with Gasteiger partial charge < -0.3 is 20.1 Å². The van der Waals surface area contributed by atoms with Crippen molar-refractivity contribution in [3.63, 3.8) is 0 Å². The average Bonchev–Trinajstić information content (AvgIpc) is 2.80. The Hall–Kier alpha value is -3.87. The predicted octanol–water partition coefficient (Wildman–Crippen LogP) is 3.72. The molecule has 31 heavy (non-hydrogen) atoms. The fourth-order valence-corrected chi connectivity index (χ4v) is 3.04. The van der Waals surface area contributed by atoms with Gasteiger partial charge in [0.05, 0.1) is 30.6 Å². The van der Waals surface area contributed by atoms with E-state index in [9.17, 15) is 9.59 Å². The Morgan fingerprint density at radius 3 is 2.32 bits per heavy atom. The van der Waals surface area contributed by atoms with Crippen LogP contribution in [0.2, 0.25) is 0 Å². The van der Waals surface area contributed by atoms with E-state index < -0.39 is 17.9 Å². The second-order valence-corrected chi connectivity index (χ2v) is 6.55. The zero-order chi connectivity index (χ0) is 22.1. The van der Waals surface area contributed by atoms with E-state index in [1.165, 1.54) is 0 Å². The van der Waals surface area contributed by atoms with Crippen LogP contribution in [-0.4, -0.2) is 30.0 Å². The molecule has 0 bridgehead atoms. The summed E-state index contributed by atoms with van der Waals surface area (Å²) < 4.78 is 11.0. The van der Waals surface area contributed by atoms with E-state index in [2.05, 4.69) is 15.6 Å². The van der Waals surface area contributed by atoms with Gasteiger partial charge in [-0.15, -0.1) is 0 Å². The lowest BCUT2D eigenvalue weighted by Crippen LogP contribution is -2.38. The monoisotopic (exact) mass is 419 g/mol. The Morgan fingerprint density at radius 1 is 0.903 bits per heavy atom. The maximum Gasteiger partial charge on any atom is 0.313 e. The lowest BCUT2D eigenvalue weighted by molar-refractivity contribution is -0.136. The molecule has 1 atom stereocenters. The van der Waals surface area contributed by atoms with Gasteiger partial charge in [-0.3, -0.25) is 14.6 Å². The molecule has 0 aliphatic carbocycles. The topological polar surface area (TPSA) is 89.5 Å². The number of aromatic nitrogens is 1. The first-order chi connectivity index (χ1) is 15.1. The van der Waals surface area contributed by atoms with Gasteiger partial charge in [0.15, 0.2) is 0 Å². The van der Waals surface area contributed by atoms with Gasteiger partial charge in [0.25, 0.3) is 0 Å². The van der Waals surface area contributed by atoms with Crippen LogP contribution in [0.1, 0.15) is 31.1 Å². The highest BCUT2D eigenvalue weighted by atomic mass is 16.5. The van der Waals surface area contributed by atoms with Crippen LogP contribution in [-0.2, 0) is 9.59 Å². The van der Waals surface area contributed by atoms with Crippen molar-refractivity contribution in [1.82, 2.24) is 10.3 Å². The minimum absolute atomic E-state index is 0.363. The smallest absolute Gasteiger partial charge is 0.313 e. The van der Waals surface area contributed by atoms with Crippen molar-refractivity contribution in [3.8, 4) is 11.5 Å². The van der Waals surface area contributed by atoms with E-state index in [4.69, 9.17) is 9.47 Å². The number of rotatable bonds is 8. The lowest BCUT2D eigenvalue weighted by Gasteiger charge is -2.19. The fourth-order valence-electron chi connectivity index (χ4n) is 3.04. The number of nitrogens with one attached hydrogen (secondary N) is 2. The number of carbonyl (C=O) groups is 2.